The first-order valence-electron chi connectivity index (χ1n) is 12.0. The maximum absolute atomic E-state index is 12.5. The summed E-state index contributed by atoms with van der Waals surface area (Å²) in [6, 6.07) is 12.2. The molecule has 210 valence electrons. The van der Waals surface area contributed by atoms with Crippen LogP contribution >= 0.6 is 34.2 Å². The lowest BCUT2D eigenvalue weighted by Crippen LogP contribution is -2.45. The number of hydrogen-bond donors (Lipinski definition) is 2. The highest BCUT2D eigenvalue weighted by molar-refractivity contribution is 14.1. The Hall–Kier alpha value is -2.96. The van der Waals surface area contributed by atoms with Gasteiger partial charge in [0.2, 0.25) is 6.79 Å². The van der Waals surface area contributed by atoms with Crippen LogP contribution in [0.4, 0.5) is 0 Å². The molecule has 2 aromatic carbocycles. The maximum atomic E-state index is 12.5. The number of esters is 3. The van der Waals surface area contributed by atoms with Crippen molar-refractivity contribution in [2.24, 2.45) is 0 Å². The van der Waals surface area contributed by atoms with Gasteiger partial charge < -0.3 is 24.6 Å². The van der Waals surface area contributed by atoms with E-state index < -0.39 is 48.4 Å². The molecule has 2 atom stereocenters. The fourth-order valence-corrected chi connectivity index (χ4v) is 4.05. The number of aliphatic hydroxyl groups excluding tert-OH is 1. The molecule has 0 unspecified atom stereocenters. The summed E-state index contributed by atoms with van der Waals surface area (Å²) < 4.78 is 16.3. The van der Waals surface area contributed by atoms with Gasteiger partial charge in [0.1, 0.15) is 5.60 Å². The number of carbonyl (C=O) groups is 4. The molecular formula is C28H31ClINO8. The standard InChI is InChI=1S/C28H31ClINO8/c1-17(32)37-16-38-26(35)24(33)15-22(31-25(34)27(36)39-28(2,3)4)13-18-5-7-19(8-6-18)23-14-21(29)10-9-20(23)11-12-30/h5-12,14,22,24,33H,13,15-16H2,1-4H3,(H,31,34)/b12-11-/t22-,24-/m1/s1. The second-order valence-corrected chi connectivity index (χ2v) is 10.7. The lowest BCUT2D eigenvalue weighted by atomic mass is 9.96. The average Bonchev–Trinajstić information content (AvgIpc) is 2.84. The Balaban J connectivity index is 2.22. The van der Waals surface area contributed by atoms with Gasteiger partial charge in [0.25, 0.3) is 0 Å². The van der Waals surface area contributed by atoms with E-state index in [0.29, 0.717) is 5.02 Å². The third-order valence-corrected chi connectivity index (χ3v) is 5.76. The lowest BCUT2D eigenvalue weighted by Gasteiger charge is -2.23. The minimum Gasteiger partial charge on any atom is -0.453 e. The Bertz CT molecular complexity index is 1210. The maximum Gasteiger partial charge on any atom is 0.397 e. The molecular weight excluding hydrogens is 641 g/mol. The third-order valence-electron chi connectivity index (χ3n) is 5.17. The lowest BCUT2D eigenvalue weighted by molar-refractivity contribution is -0.172. The number of carbonyl (C=O) groups excluding carboxylic acids is 4. The van der Waals surface area contributed by atoms with Crippen LogP contribution in [-0.2, 0) is 39.8 Å². The Labute approximate surface area is 246 Å². The number of nitrogens with one attached hydrogen (secondary N) is 1. The number of halogens is 2. The molecule has 0 saturated carbocycles. The second kappa shape index (κ2) is 15.0. The van der Waals surface area contributed by atoms with Crippen molar-refractivity contribution < 1.29 is 38.5 Å². The molecule has 2 N–H and O–H groups in total. The summed E-state index contributed by atoms with van der Waals surface area (Å²) in [6.07, 6.45) is 0.218. The average molecular weight is 672 g/mol. The molecule has 2 rings (SSSR count). The van der Waals surface area contributed by atoms with Crippen molar-refractivity contribution in [1.82, 2.24) is 5.32 Å². The molecule has 0 spiro atoms. The van der Waals surface area contributed by atoms with Crippen LogP contribution in [0.3, 0.4) is 0 Å². The summed E-state index contributed by atoms with van der Waals surface area (Å²) in [5.41, 5.74) is 2.71. The Morgan fingerprint density at radius 1 is 1.08 bits per heavy atom. The summed E-state index contributed by atoms with van der Waals surface area (Å²) in [5, 5.41) is 13.5. The van der Waals surface area contributed by atoms with Gasteiger partial charge in [-0.2, -0.15) is 0 Å². The minimum absolute atomic E-state index is 0.180. The van der Waals surface area contributed by atoms with Crippen molar-refractivity contribution >= 4 is 64.1 Å². The zero-order valence-corrected chi connectivity index (χ0v) is 24.9. The Morgan fingerprint density at radius 2 is 1.74 bits per heavy atom. The molecule has 2 aromatic rings. The number of aliphatic hydroxyl groups is 1. The first-order chi connectivity index (χ1) is 18.3. The van der Waals surface area contributed by atoms with E-state index in [-0.39, 0.29) is 12.8 Å². The molecule has 11 heteroatoms. The molecule has 0 heterocycles. The van der Waals surface area contributed by atoms with Gasteiger partial charge in [0, 0.05) is 24.4 Å². The number of rotatable bonds is 10. The van der Waals surface area contributed by atoms with Crippen molar-refractivity contribution in [3.05, 3.63) is 62.7 Å². The topological polar surface area (TPSA) is 128 Å². The predicted molar refractivity (Wildman–Crippen MR) is 155 cm³/mol. The Kier molecular flexibility index (Phi) is 12.4. The van der Waals surface area contributed by atoms with Crippen molar-refractivity contribution in [3.63, 3.8) is 0 Å². The highest BCUT2D eigenvalue weighted by Crippen LogP contribution is 2.29. The number of benzene rings is 2. The second-order valence-electron chi connectivity index (χ2n) is 9.57. The minimum atomic E-state index is -1.65. The van der Waals surface area contributed by atoms with Crippen LogP contribution < -0.4 is 5.32 Å². The molecule has 9 nitrogen and oxygen atoms in total. The van der Waals surface area contributed by atoms with E-state index in [1.807, 2.05) is 52.6 Å². The van der Waals surface area contributed by atoms with Crippen molar-refractivity contribution in [3.8, 4) is 11.1 Å². The first kappa shape index (κ1) is 32.3. The van der Waals surface area contributed by atoms with Gasteiger partial charge in [0.15, 0.2) is 6.10 Å². The summed E-state index contributed by atoms with van der Waals surface area (Å²) >= 11 is 8.35. The number of hydrogen-bond acceptors (Lipinski definition) is 8. The molecule has 0 aliphatic rings. The van der Waals surface area contributed by atoms with E-state index in [9.17, 15) is 24.3 Å². The number of ether oxygens (including phenoxy) is 3. The summed E-state index contributed by atoms with van der Waals surface area (Å²) in [7, 11) is 0. The van der Waals surface area contributed by atoms with E-state index in [1.165, 1.54) is 0 Å². The Morgan fingerprint density at radius 3 is 2.33 bits per heavy atom. The molecule has 1 amide bonds. The summed E-state index contributed by atoms with van der Waals surface area (Å²) in [5.74, 6) is -3.80. The largest absolute Gasteiger partial charge is 0.453 e. The molecule has 0 aliphatic carbocycles. The molecule has 0 saturated heterocycles. The zero-order valence-electron chi connectivity index (χ0n) is 22.0. The van der Waals surface area contributed by atoms with Crippen LogP contribution in [0.2, 0.25) is 5.02 Å². The molecule has 39 heavy (non-hydrogen) atoms. The molecule has 0 radical (unpaired) electrons. The quantitative estimate of drug-likeness (QED) is 0.163. The smallest absolute Gasteiger partial charge is 0.397 e. The van der Waals surface area contributed by atoms with Gasteiger partial charge in [-0.15, -0.1) is 0 Å². The van der Waals surface area contributed by atoms with Crippen LogP contribution in [0.25, 0.3) is 17.2 Å². The highest BCUT2D eigenvalue weighted by atomic mass is 127. The van der Waals surface area contributed by atoms with Gasteiger partial charge >= 0.3 is 23.8 Å². The molecule has 0 bridgehead atoms. The van der Waals surface area contributed by atoms with Gasteiger partial charge in [0.05, 0.1) is 0 Å². The fraction of sp³-hybridized carbons (Fsp3) is 0.357. The third kappa shape index (κ3) is 11.4. The zero-order chi connectivity index (χ0) is 29.2. The first-order valence-corrected chi connectivity index (χ1v) is 13.6. The van der Waals surface area contributed by atoms with Crippen LogP contribution in [-0.4, -0.2) is 53.5 Å². The van der Waals surface area contributed by atoms with Crippen molar-refractivity contribution in [2.75, 3.05) is 6.79 Å². The van der Waals surface area contributed by atoms with E-state index in [4.69, 9.17) is 21.1 Å². The van der Waals surface area contributed by atoms with Gasteiger partial charge in [-0.1, -0.05) is 64.5 Å². The number of amides is 1. The van der Waals surface area contributed by atoms with Gasteiger partial charge in [-0.05, 0) is 71.7 Å². The van der Waals surface area contributed by atoms with Gasteiger partial charge in [-0.25, -0.2) is 9.59 Å². The summed E-state index contributed by atoms with van der Waals surface area (Å²) in [6.45, 7) is 5.37. The molecule has 0 aromatic heterocycles. The summed E-state index contributed by atoms with van der Waals surface area (Å²) in [4.78, 5) is 47.8. The monoisotopic (exact) mass is 671 g/mol. The highest BCUT2D eigenvalue weighted by Gasteiger charge is 2.28. The van der Waals surface area contributed by atoms with E-state index in [0.717, 1.165) is 29.2 Å². The van der Waals surface area contributed by atoms with Crippen molar-refractivity contribution in [2.45, 2.75) is 58.3 Å². The molecule has 0 aliphatic heterocycles. The van der Waals surface area contributed by atoms with E-state index >= 15 is 0 Å². The molecule has 0 fully saturated rings. The van der Waals surface area contributed by atoms with Crippen LogP contribution in [0, 0.1) is 0 Å². The van der Waals surface area contributed by atoms with E-state index in [1.54, 1.807) is 20.8 Å². The van der Waals surface area contributed by atoms with E-state index in [2.05, 4.69) is 32.6 Å². The predicted octanol–water partition coefficient (Wildman–Crippen LogP) is 4.60. The van der Waals surface area contributed by atoms with Crippen LogP contribution in [0.1, 0.15) is 45.2 Å². The SMILES string of the molecule is CC(=O)OCOC(=O)[C@H](O)C[C@@H](Cc1ccc(-c2cc(Cl)ccc2/C=C\I)cc1)NC(=O)C(=O)OC(C)(C)C. The van der Waals surface area contributed by atoms with Crippen LogP contribution in [0.15, 0.2) is 46.5 Å². The fourth-order valence-electron chi connectivity index (χ4n) is 3.49. The normalized spacial score (nSPS) is 12.9. The van der Waals surface area contributed by atoms with Gasteiger partial charge in [-0.3, -0.25) is 9.59 Å². The van der Waals surface area contributed by atoms with Crippen molar-refractivity contribution in [1.29, 1.82) is 0 Å². The van der Waals surface area contributed by atoms with Crippen LogP contribution in [0.5, 0.6) is 0 Å².